The van der Waals surface area contributed by atoms with Crippen LogP contribution >= 0.6 is 0 Å². The van der Waals surface area contributed by atoms with Gasteiger partial charge in [-0.1, -0.05) is 6.07 Å². The summed E-state index contributed by atoms with van der Waals surface area (Å²) in [5.41, 5.74) is 2.06. The van der Waals surface area contributed by atoms with E-state index in [4.69, 9.17) is 5.11 Å². The number of likely N-dealkylation sites (tertiary alicyclic amines) is 1. The van der Waals surface area contributed by atoms with Crippen molar-refractivity contribution in [3.8, 4) is 0 Å². The number of halogens is 1. The molecular weight excluding hydrogens is 245 g/mol. The van der Waals surface area contributed by atoms with Crippen LogP contribution in [0.25, 0.3) is 0 Å². The molecule has 3 nitrogen and oxygen atoms in total. The molecule has 0 amide bonds. The Kier molecular flexibility index (Phi) is 4.20. The average molecular weight is 265 g/mol. The van der Waals surface area contributed by atoms with Crippen molar-refractivity contribution in [1.29, 1.82) is 0 Å². The van der Waals surface area contributed by atoms with Crippen LogP contribution in [-0.2, 0) is 11.3 Å². The van der Waals surface area contributed by atoms with E-state index in [1.807, 2.05) is 13.8 Å². The van der Waals surface area contributed by atoms with E-state index >= 15 is 0 Å². The molecule has 1 heterocycles. The maximum Gasteiger partial charge on any atom is 0.306 e. The lowest BCUT2D eigenvalue weighted by molar-refractivity contribution is -0.144. The Morgan fingerprint density at radius 2 is 2.26 bits per heavy atom. The normalized spacial score (nSPS) is 24.4. The molecule has 1 N–H and O–H groups in total. The number of hydrogen-bond acceptors (Lipinski definition) is 2. The molecule has 0 aromatic heterocycles. The highest BCUT2D eigenvalue weighted by Gasteiger charge is 2.29. The fraction of sp³-hybridized carbons (Fsp3) is 0.533. The van der Waals surface area contributed by atoms with Crippen LogP contribution < -0.4 is 0 Å². The maximum absolute atomic E-state index is 13.3. The van der Waals surface area contributed by atoms with Gasteiger partial charge < -0.3 is 5.11 Å². The molecule has 1 aromatic carbocycles. The van der Waals surface area contributed by atoms with Gasteiger partial charge in [0.15, 0.2) is 0 Å². The van der Waals surface area contributed by atoms with Crippen molar-refractivity contribution >= 4 is 5.97 Å². The third kappa shape index (κ3) is 3.32. The van der Waals surface area contributed by atoms with Gasteiger partial charge in [0.05, 0.1) is 5.92 Å². The molecule has 19 heavy (non-hydrogen) atoms. The van der Waals surface area contributed by atoms with Crippen LogP contribution in [0.2, 0.25) is 0 Å². The maximum atomic E-state index is 13.3. The Balaban J connectivity index is 2.04. The minimum atomic E-state index is -0.701. The third-order valence-corrected chi connectivity index (χ3v) is 4.05. The summed E-state index contributed by atoms with van der Waals surface area (Å²) in [7, 11) is 0. The van der Waals surface area contributed by atoms with Gasteiger partial charge in [0.2, 0.25) is 0 Å². The monoisotopic (exact) mass is 265 g/mol. The molecule has 2 atom stereocenters. The van der Waals surface area contributed by atoms with Gasteiger partial charge in [0.1, 0.15) is 5.82 Å². The van der Waals surface area contributed by atoms with Gasteiger partial charge in [-0.25, -0.2) is 4.39 Å². The predicted octanol–water partition coefficient (Wildman–Crippen LogP) is 2.82. The summed E-state index contributed by atoms with van der Waals surface area (Å²) in [5.74, 6) is -1.15. The summed E-state index contributed by atoms with van der Waals surface area (Å²) in [6, 6.07) is 5.06. The number of aryl methyl sites for hydroxylation is 1. The Hall–Kier alpha value is -1.42. The Morgan fingerprint density at radius 1 is 1.53 bits per heavy atom. The van der Waals surface area contributed by atoms with E-state index in [1.165, 1.54) is 6.07 Å². The van der Waals surface area contributed by atoms with Crippen LogP contribution in [0.15, 0.2) is 18.2 Å². The van der Waals surface area contributed by atoms with Crippen molar-refractivity contribution in [2.45, 2.75) is 39.3 Å². The standard InChI is InChI=1S/C15H20FNO2/c1-10-3-4-14(16)8-13(10)9-17-6-5-12(15(18)19)7-11(17)2/h3-4,8,11-12H,5-7,9H2,1-2H3,(H,18,19). The van der Waals surface area contributed by atoms with Gasteiger partial charge in [-0.15, -0.1) is 0 Å². The minimum Gasteiger partial charge on any atom is -0.481 e. The highest BCUT2D eigenvalue weighted by molar-refractivity contribution is 5.70. The van der Waals surface area contributed by atoms with E-state index in [2.05, 4.69) is 4.90 Å². The molecule has 4 heteroatoms. The molecule has 2 unspecified atom stereocenters. The molecule has 0 bridgehead atoms. The minimum absolute atomic E-state index is 0.214. The third-order valence-electron chi connectivity index (χ3n) is 4.05. The molecule has 0 saturated carbocycles. The number of benzene rings is 1. The number of piperidine rings is 1. The molecule has 1 aromatic rings. The fourth-order valence-corrected chi connectivity index (χ4v) is 2.71. The number of rotatable bonds is 3. The van der Waals surface area contributed by atoms with Crippen molar-refractivity contribution in [3.63, 3.8) is 0 Å². The number of carbonyl (C=O) groups is 1. The molecule has 0 spiro atoms. The van der Waals surface area contributed by atoms with E-state index in [9.17, 15) is 9.18 Å². The lowest BCUT2D eigenvalue weighted by Crippen LogP contribution is -2.42. The van der Waals surface area contributed by atoms with Crippen LogP contribution in [0.5, 0.6) is 0 Å². The van der Waals surface area contributed by atoms with Gasteiger partial charge in [0, 0.05) is 12.6 Å². The van der Waals surface area contributed by atoms with Gasteiger partial charge in [-0.3, -0.25) is 9.69 Å². The predicted molar refractivity (Wildman–Crippen MR) is 71.4 cm³/mol. The second-order valence-corrected chi connectivity index (χ2v) is 5.45. The van der Waals surface area contributed by atoms with Crippen LogP contribution in [0.3, 0.4) is 0 Å². The number of hydrogen-bond donors (Lipinski definition) is 1. The summed E-state index contributed by atoms with van der Waals surface area (Å²) in [5, 5.41) is 9.04. The zero-order chi connectivity index (χ0) is 14.0. The summed E-state index contributed by atoms with van der Waals surface area (Å²) < 4.78 is 13.3. The first-order valence-corrected chi connectivity index (χ1v) is 6.69. The van der Waals surface area contributed by atoms with Gasteiger partial charge >= 0.3 is 5.97 Å². The number of carboxylic acids is 1. The zero-order valence-electron chi connectivity index (χ0n) is 11.4. The molecule has 104 valence electrons. The fourth-order valence-electron chi connectivity index (χ4n) is 2.71. The highest BCUT2D eigenvalue weighted by atomic mass is 19.1. The van der Waals surface area contributed by atoms with Crippen LogP contribution in [0.4, 0.5) is 4.39 Å². The molecule has 0 aliphatic carbocycles. The summed E-state index contributed by atoms with van der Waals surface area (Å²) in [6.45, 7) is 5.47. The Morgan fingerprint density at radius 3 is 2.89 bits per heavy atom. The summed E-state index contributed by atoms with van der Waals surface area (Å²) >= 11 is 0. The van der Waals surface area contributed by atoms with E-state index in [0.29, 0.717) is 19.4 Å². The van der Waals surface area contributed by atoms with Crippen molar-refractivity contribution in [2.24, 2.45) is 5.92 Å². The van der Waals surface area contributed by atoms with Crippen LogP contribution in [-0.4, -0.2) is 28.6 Å². The van der Waals surface area contributed by atoms with Crippen molar-refractivity contribution in [2.75, 3.05) is 6.54 Å². The second-order valence-electron chi connectivity index (χ2n) is 5.45. The highest BCUT2D eigenvalue weighted by Crippen LogP contribution is 2.25. The van der Waals surface area contributed by atoms with Crippen molar-refractivity contribution < 1.29 is 14.3 Å². The van der Waals surface area contributed by atoms with E-state index < -0.39 is 5.97 Å². The molecule has 1 saturated heterocycles. The second kappa shape index (κ2) is 5.70. The first kappa shape index (κ1) is 14.0. The summed E-state index contributed by atoms with van der Waals surface area (Å²) in [4.78, 5) is 13.2. The van der Waals surface area contributed by atoms with E-state index in [1.54, 1.807) is 12.1 Å². The van der Waals surface area contributed by atoms with Crippen molar-refractivity contribution in [3.05, 3.63) is 35.1 Å². The number of aliphatic carboxylic acids is 1. The summed E-state index contributed by atoms with van der Waals surface area (Å²) in [6.07, 6.45) is 1.34. The SMILES string of the molecule is Cc1ccc(F)cc1CN1CCC(C(=O)O)CC1C. The number of nitrogens with zero attached hydrogens (tertiary/aromatic N) is 1. The molecule has 1 aliphatic rings. The smallest absolute Gasteiger partial charge is 0.306 e. The van der Waals surface area contributed by atoms with Crippen LogP contribution in [0, 0.1) is 18.7 Å². The lowest BCUT2D eigenvalue weighted by atomic mass is 9.91. The van der Waals surface area contributed by atoms with Gasteiger partial charge in [-0.2, -0.15) is 0 Å². The lowest BCUT2D eigenvalue weighted by Gasteiger charge is -2.36. The van der Waals surface area contributed by atoms with Gasteiger partial charge in [0.25, 0.3) is 0 Å². The average Bonchev–Trinajstić information content (AvgIpc) is 2.36. The largest absolute Gasteiger partial charge is 0.481 e. The molecule has 1 aliphatic heterocycles. The molecular formula is C15H20FNO2. The molecule has 2 rings (SSSR count). The quantitative estimate of drug-likeness (QED) is 0.913. The molecule has 0 radical (unpaired) electrons. The number of carboxylic acid groups (broad SMARTS) is 1. The Bertz CT molecular complexity index is 475. The first-order chi connectivity index (χ1) is 8.97. The molecule has 1 fully saturated rings. The zero-order valence-corrected chi connectivity index (χ0v) is 11.4. The van der Waals surface area contributed by atoms with Crippen LogP contribution in [0.1, 0.15) is 30.9 Å². The topological polar surface area (TPSA) is 40.5 Å². The van der Waals surface area contributed by atoms with E-state index in [-0.39, 0.29) is 17.8 Å². The van der Waals surface area contributed by atoms with Crippen molar-refractivity contribution in [1.82, 2.24) is 4.90 Å². The first-order valence-electron chi connectivity index (χ1n) is 6.69. The van der Waals surface area contributed by atoms with Gasteiger partial charge in [-0.05, 0) is 56.5 Å². The van der Waals surface area contributed by atoms with E-state index in [0.717, 1.165) is 17.7 Å². The Labute approximate surface area is 113 Å².